The predicted octanol–water partition coefficient (Wildman–Crippen LogP) is 2.63. The molecule has 3 rings (SSSR count). The van der Waals surface area contributed by atoms with Gasteiger partial charge in [0.2, 0.25) is 15.9 Å². The summed E-state index contributed by atoms with van der Waals surface area (Å²) in [6, 6.07) is 7.21. The van der Waals surface area contributed by atoms with Crippen LogP contribution in [0, 0.1) is 20.8 Å². The van der Waals surface area contributed by atoms with Gasteiger partial charge >= 0.3 is 0 Å². The fraction of sp³-hybridized carbons (Fsp3) is 0.444. The van der Waals surface area contributed by atoms with Crippen LogP contribution in [-0.4, -0.2) is 41.9 Å². The molecule has 2 aromatic rings. The third-order valence-corrected chi connectivity index (χ3v) is 6.35. The first kappa shape index (κ1) is 17.8. The quantitative estimate of drug-likeness (QED) is 0.837. The molecule has 0 bridgehead atoms. The molecule has 134 valence electrons. The molecule has 0 radical (unpaired) electrons. The lowest BCUT2D eigenvalue weighted by molar-refractivity contribution is 0.124. The number of aromatic nitrogens is 2. The van der Waals surface area contributed by atoms with Crippen LogP contribution in [0.25, 0.3) is 0 Å². The molecular weight excluding hydrogens is 338 g/mol. The van der Waals surface area contributed by atoms with Gasteiger partial charge in [-0.25, -0.2) is 13.4 Å². The Labute approximate surface area is 148 Å². The van der Waals surface area contributed by atoms with Crippen LogP contribution in [0.5, 0.6) is 5.88 Å². The Hall–Kier alpha value is -1.99. The van der Waals surface area contributed by atoms with Gasteiger partial charge in [0.25, 0.3) is 0 Å². The van der Waals surface area contributed by atoms with Crippen molar-refractivity contribution in [1.82, 2.24) is 14.3 Å². The first-order chi connectivity index (χ1) is 11.9. The predicted molar refractivity (Wildman–Crippen MR) is 95.1 cm³/mol. The molecule has 0 amide bonds. The van der Waals surface area contributed by atoms with Crippen LogP contribution in [0.4, 0.5) is 0 Å². The van der Waals surface area contributed by atoms with Crippen LogP contribution < -0.4 is 4.74 Å². The maximum atomic E-state index is 13.1. The molecule has 0 N–H and O–H groups in total. The van der Waals surface area contributed by atoms with E-state index < -0.39 is 10.0 Å². The van der Waals surface area contributed by atoms with Crippen molar-refractivity contribution in [2.45, 2.75) is 44.6 Å². The molecular formula is C18H23N3O3S. The molecule has 0 aliphatic carbocycles. The molecule has 1 atom stereocenters. The van der Waals surface area contributed by atoms with Gasteiger partial charge in [0, 0.05) is 18.8 Å². The van der Waals surface area contributed by atoms with E-state index in [4.69, 9.17) is 4.74 Å². The Morgan fingerprint density at radius 3 is 2.76 bits per heavy atom. The maximum Gasteiger partial charge on any atom is 0.243 e. The Bertz CT molecular complexity index is 868. The van der Waals surface area contributed by atoms with Crippen molar-refractivity contribution in [3.63, 3.8) is 0 Å². The van der Waals surface area contributed by atoms with Crippen molar-refractivity contribution < 1.29 is 13.2 Å². The van der Waals surface area contributed by atoms with Gasteiger partial charge < -0.3 is 4.74 Å². The molecule has 1 fully saturated rings. The molecule has 1 aliphatic heterocycles. The maximum absolute atomic E-state index is 13.1. The summed E-state index contributed by atoms with van der Waals surface area (Å²) in [5, 5.41) is 0. The van der Waals surface area contributed by atoms with Gasteiger partial charge in [-0.2, -0.15) is 9.29 Å². The lowest BCUT2D eigenvalue weighted by Gasteiger charge is -2.32. The smallest absolute Gasteiger partial charge is 0.243 e. The van der Waals surface area contributed by atoms with Crippen LogP contribution in [0.3, 0.4) is 0 Å². The van der Waals surface area contributed by atoms with Crippen molar-refractivity contribution in [2.24, 2.45) is 0 Å². The monoisotopic (exact) mass is 361 g/mol. The molecule has 0 spiro atoms. The minimum absolute atomic E-state index is 0.206. The third kappa shape index (κ3) is 3.99. The van der Waals surface area contributed by atoms with Crippen LogP contribution in [-0.2, 0) is 10.0 Å². The highest BCUT2D eigenvalue weighted by Crippen LogP contribution is 2.25. The summed E-state index contributed by atoms with van der Waals surface area (Å²) in [4.78, 5) is 8.66. The van der Waals surface area contributed by atoms with Crippen LogP contribution in [0.2, 0.25) is 0 Å². The summed E-state index contributed by atoms with van der Waals surface area (Å²) in [5.74, 6) is 1.12. The summed E-state index contributed by atoms with van der Waals surface area (Å²) < 4.78 is 33.5. The number of hydrogen-bond donors (Lipinski definition) is 0. The fourth-order valence-electron chi connectivity index (χ4n) is 3.01. The van der Waals surface area contributed by atoms with E-state index in [1.807, 2.05) is 26.0 Å². The lowest BCUT2D eigenvalue weighted by atomic mass is 10.1. The zero-order valence-electron chi connectivity index (χ0n) is 14.8. The van der Waals surface area contributed by atoms with E-state index in [0.29, 0.717) is 29.7 Å². The number of ether oxygens (including phenoxy) is 1. The summed E-state index contributed by atoms with van der Waals surface area (Å²) >= 11 is 0. The first-order valence-electron chi connectivity index (χ1n) is 8.40. The van der Waals surface area contributed by atoms with E-state index >= 15 is 0 Å². The minimum Gasteiger partial charge on any atom is -0.473 e. The zero-order valence-corrected chi connectivity index (χ0v) is 15.6. The Morgan fingerprint density at radius 1 is 1.20 bits per heavy atom. The van der Waals surface area contributed by atoms with Crippen molar-refractivity contribution in [1.29, 1.82) is 0 Å². The standard InChI is InChI=1S/C18H23N3O3S/c1-13-6-7-14(2)17(11-13)25(22,23)21-10-4-5-16(12-21)24-18-8-9-19-15(3)20-18/h6-9,11,16H,4-5,10,12H2,1-3H3. The minimum atomic E-state index is -3.53. The second-order valence-corrected chi connectivity index (χ2v) is 8.36. The highest BCUT2D eigenvalue weighted by Gasteiger charge is 2.32. The van der Waals surface area contributed by atoms with Crippen molar-refractivity contribution >= 4 is 10.0 Å². The average molecular weight is 361 g/mol. The van der Waals surface area contributed by atoms with Crippen molar-refractivity contribution in [2.75, 3.05) is 13.1 Å². The second kappa shape index (κ2) is 7.09. The molecule has 1 aromatic heterocycles. The molecule has 0 saturated carbocycles. The van der Waals surface area contributed by atoms with Gasteiger partial charge in [0.1, 0.15) is 11.9 Å². The molecule has 6 nitrogen and oxygen atoms in total. The van der Waals surface area contributed by atoms with E-state index in [0.717, 1.165) is 24.0 Å². The van der Waals surface area contributed by atoms with Crippen molar-refractivity contribution in [3.05, 3.63) is 47.4 Å². The highest BCUT2D eigenvalue weighted by atomic mass is 32.2. The summed E-state index contributed by atoms with van der Waals surface area (Å²) in [6.07, 6.45) is 3.01. The van der Waals surface area contributed by atoms with E-state index in [9.17, 15) is 8.42 Å². The normalized spacial score (nSPS) is 18.9. The van der Waals surface area contributed by atoms with Gasteiger partial charge in [-0.05, 0) is 50.8 Å². The van der Waals surface area contributed by atoms with Gasteiger partial charge in [0.05, 0.1) is 11.4 Å². The van der Waals surface area contributed by atoms with E-state index in [1.165, 1.54) is 4.31 Å². The molecule has 1 aromatic carbocycles. The second-order valence-electron chi connectivity index (χ2n) is 6.46. The van der Waals surface area contributed by atoms with Crippen LogP contribution >= 0.6 is 0 Å². The van der Waals surface area contributed by atoms with Gasteiger partial charge in [-0.1, -0.05) is 12.1 Å². The number of aryl methyl sites for hydroxylation is 3. The molecule has 1 saturated heterocycles. The summed E-state index contributed by atoms with van der Waals surface area (Å²) in [6.45, 7) is 6.37. The first-order valence-corrected chi connectivity index (χ1v) is 9.84. The molecule has 25 heavy (non-hydrogen) atoms. The van der Waals surface area contributed by atoms with E-state index in [2.05, 4.69) is 9.97 Å². The van der Waals surface area contributed by atoms with E-state index in [1.54, 1.807) is 25.3 Å². The van der Waals surface area contributed by atoms with Gasteiger partial charge in [-0.15, -0.1) is 0 Å². The van der Waals surface area contributed by atoms with Gasteiger partial charge in [0.15, 0.2) is 0 Å². The highest BCUT2D eigenvalue weighted by molar-refractivity contribution is 7.89. The van der Waals surface area contributed by atoms with Crippen LogP contribution in [0.1, 0.15) is 29.8 Å². The third-order valence-electron chi connectivity index (χ3n) is 4.34. The number of piperidine rings is 1. The zero-order chi connectivity index (χ0) is 18.0. The number of hydrogen-bond acceptors (Lipinski definition) is 5. The molecule has 1 unspecified atom stereocenters. The number of rotatable bonds is 4. The number of sulfonamides is 1. The molecule has 1 aliphatic rings. The topological polar surface area (TPSA) is 72.4 Å². The fourth-order valence-corrected chi connectivity index (χ4v) is 4.83. The van der Waals surface area contributed by atoms with Crippen LogP contribution in [0.15, 0.2) is 35.4 Å². The molecule has 2 heterocycles. The number of benzene rings is 1. The largest absolute Gasteiger partial charge is 0.473 e. The Balaban J connectivity index is 1.79. The average Bonchev–Trinajstić information content (AvgIpc) is 2.57. The Kier molecular flexibility index (Phi) is 5.06. The summed E-state index contributed by atoms with van der Waals surface area (Å²) in [5.41, 5.74) is 1.70. The number of nitrogens with zero attached hydrogens (tertiary/aromatic N) is 3. The SMILES string of the molecule is Cc1ccc(C)c(S(=O)(=O)N2CCCC(Oc3ccnc(C)n3)C2)c1. The van der Waals surface area contributed by atoms with Crippen molar-refractivity contribution in [3.8, 4) is 5.88 Å². The summed E-state index contributed by atoms with van der Waals surface area (Å²) in [7, 11) is -3.53. The molecule has 7 heteroatoms. The van der Waals surface area contributed by atoms with Gasteiger partial charge in [-0.3, -0.25) is 0 Å². The van der Waals surface area contributed by atoms with E-state index in [-0.39, 0.29) is 6.10 Å². The lowest BCUT2D eigenvalue weighted by Crippen LogP contribution is -2.44. The Morgan fingerprint density at radius 2 is 2.00 bits per heavy atom.